The molecule has 0 radical (unpaired) electrons. The van der Waals surface area contributed by atoms with Gasteiger partial charge in [-0.2, -0.15) is 0 Å². The van der Waals surface area contributed by atoms with Crippen LogP contribution in [0.25, 0.3) is 0 Å². The fraction of sp³-hybridized carbons (Fsp3) is 0.133. The van der Waals surface area contributed by atoms with Gasteiger partial charge in [-0.15, -0.1) is 11.8 Å². The van der Waals surface area contributed by atoms with E-state index in [4.69, 9.17) is 0 Å². The van der Waals surface area contributed by atoms with E-state index in [-0.39, 0.29) is 11.5 Å². The van der Waals surface area contributed by atoms with Crippen LogP contribution >= 0.6 is 11.8 Å². The number of rotatable bonds is 5. The Balaban J connectivity index is 2.23. The van der Waals surface area contributed by atoms with Crippen molar-refractivity contribution in [1.82, 2.24) is 0 Å². The molecule has 0 fully saturated rings. The van der Waals surface area contributed by atoms with Crippen molar-refractivity contribution in [3.63, 3.8) is 0 Å². The van der Waals surface area contributed by atoms with Crippen LogP contribution in [0.1, 0.15) is 22.8 Å². The van der Waals surface area contributed by atoms with Crippen molar-refractivity contribution >= 4 is 23.2 Å². The van der Waals surface area contributed by atoms with Gasteiger partial charge in [0.2, 0.25) is 0 Å². The van der Waals surface area contributed by atoms with Crippen LogP contribution in [0.2, 0.25) is 0 Å². The molecular formula is C15H13NO3S. The topological polar surface area (TPSA) is 60.2 Å². The molecule has 0 amide bonds. The Morgan fingerprint density at radius 2 is 1.90 bits per heavy atom. The number of Topliss-reactive ketones (excluding diaryl/α,β-unsaturated/α-hetero) is 1. The van der Waals surface area contributed by atoms with E-state index in [2.05, 4.69) is 0 Å². The van der Waals surface area contributed by atoms with Crippen LogP contribution in [-0.4, -0.2) is 10.7 Å². The zero-order chi connectivity index (χ0) is 14.5. The Bertz CT molecular complexity index is 641. The maximum Gasteiger partial charge on any atom is 0.270 e. The van der Waals surface area contributed by atoms with Gasteiger partial charge >= 0.3 is 0 Å². The van der Waals surface area contributed by atoms with Gasteiger partial charge in [-0.05, 0) is 18.6 Å². The van der Waals surface area contributed by atoms with Crippen molar-refractivity contribution in [2.75, 3.05) is 0 Å². The van der Waals surface area contributed by atoms with E-state index in [1.54, 1.807) is 6.07 Å². The largest absolute Gasteiger partial charge is 0.294 e. The minimum absolute atomic E-state index is 0.0562. The minimum Gasteiger partial charge on any atom is -0.294 e. The summed E-state index contributed by atoms with van der Waals surface area (Å²) in [7, 11) is 0. The average Bonchev–Trinajstić information content (AvgIpc) is 2.45. The first kappa shape index (κ1) is 14.3. The number of nitro groups is 1. The highest BCUT2D eigenvalue weighted by atomic mass is 32.2. The summed E-state index contributed by atoms with van der Waals surface area (Å²) in [6, 6.07) is 14.3. The van der Waals surface area contributed by atoms with Gasteiger partial charge in [0.15, 0.2) is 5.78 Å². The van der Waals surface area contributed by atoms with Gasteiger partial charge in [0.25, 0.3) is 5.69 Å². The van der Waals surface area contributed by atoms with Crippen molar-refractivity contribution in [1.29, 1.82) is 0 Å². The first-order valence-corrected chi connectivity index (χ1v) is 7.02. The average molecular weight is 287 g/mol. The van der Waals surface area contributed by atoms with Crippen LogP contribution in [0.15, 0.2) is 53.4 Å². The molecule has 2 aromatic carbocycles. The Morgan fingerprint density at radius 3 is 2.50 bits per heavy atom. The highest BCUT2D eigenvalue weighted by Crippen LogP contribution is 2.29. The maximum atomic E-state index is 11.6. The maximum absolute atomic E-state index is 11.6. The molecule has 0 aromatic heterocycles. The van der Waals surface area contributed by atoms with E-state index in [0.29, 0.717) is 5.56 Å². The monoisotopic (exact) mass is 287 g/mol. The molecule has 2 aromatic rings. The Morgan fingerprint density at radius 1 is 1.20 bits per heavy atom. The lowest BCUT2D eigenvalue weighted by molar-refractivity contribution is -0.384. The van der Waals surface area contributed by atoms with Gasteiger partial charge in [-0.3, -0.25) is 14.9 Å². The number of nitro benzene ring substituents is 1. The summed E-state index contributed by atoms with van der Waals surface area (Å²) < 4.78 is 0. The number of benzene rings is 2. The Labute approximate surface area is 121 Å². The van der Waals surface area contributed by atoms with Crippen LogP contribution in [0.4, 0.5) is 5.69 Å². The number of hydrogen-bond acceptors (Lipinski definition) is 4. The van der Waals surface area contributed by atoms with Crippen LogP contribution in [-0.2, 0) is 5.75 Å². The second-order valence-corrected chi connectivity index (χ2v) is 5.29. The first-order chi connectivity index (χ1) is 9.58. The molecule has 0 bridgehead atoms. The molecule has 0 heterocycles. The molecule has 4 nitrogen and oxygen atoms in total. The molecule has 102 valence electrons. The van der Waals surface area contributed by atoms with Gasteiger partial charge in [0.1, 0.15) is 0 Å². The fourth-order valence-corrected chi connectivity index (χ4v) is 2.80. The predicted molar refractivity (Wildman–Crippen MR) is 79.1 cm³/mol. The lowest BCUT2D eigenvalue weighted by Gasteiger charge is -2.06. The molecule has 5 heteroatoms. The summed E-state index contributed by atoms with van der Waals surface area (Å²) in [6.45, 7) is 1.42. The van der Waals surface area contributed by atoms with Crippen molar-refractivity contribution in [3.8, 4) is 0 Å². The van der Waals surface area contributed by atoms with Gasteiger partial charge in [-0.1, -0.05) is 30.3 Å². The molecule has 0 atom stereocenters. The molecule has 0 saturated heterocycles. The molecule has 0 N–H and O–H groups in total. The highest BCUT2D eigenvalue weighted by molar-refractivity contribution is 7.98. The van der Waals surface area contributed by atoms with Crippen molar-refractivity contribution in [2.45, 2.75) is 17.6 Å². The number of non-ortho nitro benzene ring substituents is 1. The number of hydrogen-bond donors (Lipinski definition) is 0. The number of thioether (sulfide) groups is 1. The van der Waals surface area contributed by atoms with E-state index in [9.17, 15) is 14.9 Å². The smallest absolute Gasteiger partial charge is 0.270 e. The summed E-state index contributed by atoms with van der Waals surface area (Å²) in [5.74, 6) is 0.558. The minimum atomic E-state index is -0.488. The highest BCUT2D eigenvalue weighted by Gasteiger charge is 2.14. The molecule has 0 aliphatic carbocycles. The number of ketones is 1. The molecule has 20 heavy (non-hydrogen) atoms. The van der Waals surface area contributed by atoms with E-state index in [0.717, 1.165) is 16.2 Å². The lowest BCUT2D eigenvalue weighted by Crippen LogP contribution is -1.98. The summed E-state index contributed by atoms with van der Waals surface area (Å²) in [4.78, 5) is 22.7. The third-order valence-electron chi connectivity index (χ3n) is 2.79. The van der Waals surface area contributed by atoms with Crippen LogP contribution in [0.3, 0.4) is 0 Å². The molecule has 0 unspecified atom stereocenters. The summed E-state index contributed by atoms with van der Waals surface area (Å²) in [6.07, 6.45) is 0. The molecule has 2 rings (SSSR count). The number of carbonyl (C=O) groups is 1. The Hall–Kier alpha value is -2.14. The quantitative estimate of drug-likeness (QED) is 0.359. The third-order valence-corrected chi connectivity index (χ3v) is 3.94. The standard InChI is InChI=1S/C15H13NO3S/c1-11(17)14-9-13(16(18)19)7-8-15(14)20-10-12-5-3-2-4-6-12/h2-9H,10H2,1H3. The zero-order valence-electron chi connectivity index (χ0n) is 10.9. The van der Waals surface area contributed by atoms with Crippen LogP contribution in [0, 0.1) is 10.1 Å². The van der Waals surface area contributed by atoms with E-state index in [1.807, 2.05) is 30.3 Å². The molecule has 0 aliphatic heterocycles. The summed E-state index contributed by atoms with van der Waals surface area (Å²) in [5, 5.41) is 10.8. The Kier molecular flexibility index (Phi) is 4.53. The predicted octanol–water partition coefficient (Wildman–Crippen LogP) is 4.09. The number of nitrogens with zero attached hydrogens (tertiary/aromatic N) is 1. The van der Waals surface area contributed by atoms with E-state index in [1.165, 1.54) is 30.8 Å². The van der Waals surface area contributed by atoms with Crippen molar-refractivity contribution in [3.05, 3.63) is 69.8 Å². The normalized spacial score (nSPS) is 10.2. The van der Waals surface area contributed by atoms with E-state index >= 15 is 0 Å². The molecular weight excluding hydrogens is 274 g/mol. The molecule has 0 spiro atoms. The third kappa shape index (κ3) is 3.45. The second-order valence-electron chi connectivity index (χ2n) is 4.27. The second kappa shape index (κ2) is 6.34. The lowest BCUT2D eigenvalue weighted by atomic mass is 10.1. The van der Waals surface area contributed by atoms with E-state index < -0.39 is 4.92 Å². The first-order valence-electron chi connectivity index (χ1n) is 6.04. The van der Waals surface area contributed by atoms with Crippen LogP contribution in [0.5, 0.6) is 0 Å². The van der Waals surface area contributed by atoms with Gasteiger partial charge in [0.05, 0.1) is 4.92 Å². The van der Waals surface area contributed by atoms with Gasteiger partial charge in [-0.25, -0.2) is 0 Å². The fourth-order valence-electron chi connectivity index (χ4n) is 1.77. The summed E-state index contributed by atoms with van der Waals surface area (Å²) >= 11 is 1.51. The van der Waals surface area contributed by atoms with Crippen molar-refractivity contribution in [2.24, 2.45) is 0 Å². The molecule has 0 aliphatic rings. The zero-order valence-corrected chi connectivity index (χ0v) is 11.7. The molecule has 0 saturated carbocycles. The van der Waals surface area contributed by atoms with Gasteiger partial charge < -0.3 is 0 Å². The summed E-state index contributed by atoms with van der Waals surface area (Å²) in [5.41, 5.74) is 1.49. The van der Waals surface area contributed by atoms with Gasteiger partial charge in [0, 0.05) is 28.3 Å². The van der Waals surface area contributed by atoms with Crippen LogP contribution < -0.4 is 0 Å². The number of carbonyl (C=O) groups excluding carboxylic acids is 1. The SMILES string of the molecule is CC(=O)c1cc([N+](=O)[O-])ccc1SCc1ccccc1. The van der Waals surface area contributed by atoms with Crippen molar-refractivity contribution < 1.29 is 9.72 Å².